The largest absolute Gasteiger partial charge is 0.480 e. The van der Waals surface area contributed by atoms with E-state index in [1.54, 1.807) is 24.3 Å². The first-order valence-corrected chi connectivity index (χ1v) is 19.8. The molecule has 4 rings (SSSR count). The highest BCUT2D eigenvalue weighted by molar-refractivity contribution is 7.99. The number of aromatic nitrogens is 1. The summed E-state index contributed by atoms with van der Waals surface area (Å²) in [6, 6.07) is -3.18. The second-order valence-corrected chi connectivity index (χ2v) is 16.2. The van der Waals surface area contributed by atoms with Gasteiger partial charge in [-0.3, -0.25) is 33.6 Å². The summed E-state index contributed by atoms with van der Waals surface area (Å²) < 4.78 is 0. The van der Waals surface area contributed by atoms with Gasteiger partial charge < -0.3 is 67.3 Å². The van der Waals surface area contributed by atoms with Crippen molar-refractivity contribution in [2.24, 2.45) is 0 Å². The normalized spacial score (nSPS) is 24.6. The zero-order chi connectivity index (χ0) is 43.9. The lowest BCUT2D eigenvalue weighted by Crippen LogP contribution is -2.61. The first-order chi connectivity index (χ1) is 27.6. The molecule has 1 aromatic carbocycles. The molecule has 2 aliphatic rings. The Morgan fingerprint density at radius 3 is 2.32 bits per heavy atom. The summed E-state index contributed by atoms with van der Waals surface area (Å²) in [7, 11) is 0. The number of H-pyrrole nitrogens is 1. The molecule has 324 valence electrons. The number of aliphatic carboxylic acids is 1. The van der Waals surface area contributed by atoms with E-state index in [2.05, 4.69) is 36.9 Å². The third kappa shape index (κ3) is 11.9. The second-order valence-electron chi connectivity index (χ2n) is 15.1. The van der Waals surface area contributed by atoms with Crippen molar-refractivity contribution in [3.63, 3.8) is 0 Å². The van der Waals surface area contributed by atoms with E-state index < -0.39 is 120 Å². The molecule has 1 aromatic heterocycles. The summed E-state index contributed by atoms with van der Waals surface area (Å²) in [6.07, 6.45) is -3.78. The number of para-hydroxylation sites is 1. The van der Waals surface area contributed by atoms with Crippen LogP contribution in [-0.2, 0) is 44.8 Å². The van der Waals surface area contributed by atoms with E-state index in [9.17, 15) is 63.9 Å². The van der Waals surface area contributed by atoms with Gasteiger partial charge in [0.05, 0.1) is 29.4 Å². The molecule has 2 aliphatic heterocycles. The fourth-order valence-corrected chi connectivity index (χ4v) is 7.83. The Balaban J connectivity index is 1.77. The van der Waals surface area contributed by atoms with Crippen LogP contribution in [0.3, 0.4) is 0 Å². The zero-order valence-electron chi connectivity index (χ0n) is 33.1. The first kappa shape index (κ1) is 46.4. The number of nitrogens with one attached hydrogen (secondary N) is 7. The molecule has 21 nitrogen and oxygen atoms in total. The van der Waals surface area contributed by atoms with Crippen LogP contribution >= 0.6 is 11.8 Å². The average Bonchev–Trinajstić information content (AvgIpc) is 3.73. The molecule has 1 fully saturated rings. The highest BCUT2D eigenvalue weighted by Crippen LogP contribution is 2.32. The number of carboxylic acids is 1. The number of carbonyl (C=O) groups is 8. The van der Waals surface area contributed by atoms with Crippen LogP contribution < -0.4 is 31.9 Å². The molecule has 0 saturated carbocycles. The quantitative estimate of drug-likeness (QED) is 0.0981. The molecule has 59 heavy (non-hydrogen) atoms. The molecule has 0 aliphatic carbocycles. The van der Waals surface area contributed by atoms with Gasteiger partial charge in [0.15, 0.2) is 0 Å². The molecule has 10 atom stereocenters. The van der Waals surface area contributed by atoms with E-state index in [1.807, 2.05) is 0 Å². The summed E-state index contributed by atoms with van der Waals surface area (Å²) in [5, 5.41) is 66.7. The molecule has 3 heterocycles. The van der Waals surface area contributed by atoms with E-state index >= 15 is 0 Å². The predicted molar refractivity (Wildman–Crippen MR) is 209 cm³/mol. The Kier molecular flexibility index (Phi) is 15.4. The van der Waals surface area contributed by atoms with Gasteiger partial charge in [0.1, 0.15) is 42.3 Å². The molecule has 12 N–H and O–H groups in total. The Hall–Kier alpha value is -5.29. The molecular formula is C37H52N8O13S. The molecule has 2 aromatic rings. The van der Waals surface area contributed by atoms with Crippen molar-refractivity contribution >= 4 is 70.0 Å². The number of benzene rings is 1. The van der Waals surface area contributed by atoms with Crippen molar-refractivity contribution in [2.75, 3.05) is 18.9 Å². The maximum Gasteiger partial charge on any atom is 0.326 e. The van der Waals surface area contributed by atoms with Crippen LogP contribution in [0.5, 0.6) is 0 Å². The molecule has 22 heteroatoms. The molecule has 0 unspecified atom stereocenters. The number of aromatic amines is 1. The maximum absolute atomic E-state index is 14.4. The Morgan fingerprint density at radius 1 is 1.02 bits per heavy atom. The monoisotopic (exact) mass is 848 g/mol. The molecule has 0 spiro atoms. The number of aliphatic hydroxyl groups is 4. The number of amides is 7. The number of nitrogens with zero attached hydrogens (tertiary/aromatic N) is 1. The van der Waals surface area contributed by atoms with Crippen molar-refractivity contribution in [3.8, 4) is 0 Å². The smallest absolute Gasteiger partial charge is 0.326 e. The number of hydrogen-bond acceptors (Lipinski definition) is 13. The van der Waals surface area contributed by atoms with E-state index in [0.717, 1.165) is 16.7 Å². The number of carbonyl (C=O) groups excluding carboxylic acids is 7. The average molecular weight is 849 g/mol. The maximum atomic E-state index is 14.4. The van der Waals surface area contributed by atoms with E-state index in [-0.39, 0.29) is 25.1 Å². The van der Waals surface area contributed by atoms with Gasteiger partial charge >= 0.3 is 5.97 Å². The highest BCUT2D eigenvalue weighted by atomic mass is 32.2. The topological polar surface area (TPSA) is 329 Å². The summed E-state index contributed by atoms with van der Waals surface area (Å²) in [5.41, 5.74) is -0.892. The lowest BCUT2D eigenvalue weighted by Gasteiger charge is -2.30. The fourth-order valence-electron chi connectivity index (χ4n) is 6.73. The van der Waals surface area contributed by atoms with Crippen LogP contribution in [0.2, 0.25) is 0 Å². The van der Waals surface area contributed by atoms with Crippen LogP contribution in [0.1, 0.15) is 53.0 Å². The van der Waals surface area contributed by atoms with Crippen LogP contribution in [0.25, 0.3) is 10.9 Å². The van der Waals surface area contributed by atoms with Gasteiger partial charge in [-0.05, 0) is 39.3 Å². The van der Waals surface area contributed by atoms with E-state index in [4.69, 9.17) is 0 Å². The van der Waals surface area contributed by atoms with Crippen molar-refractivity contribution < 1.29 is 63.9 Å². The van der Waals surface area contributed by atoms with Crippen molar-refractivity contribution in [2.45, 2.75) is 119 Å². The van der Waals surface area contributed by atoms with Crippen molar-refractivity contribution in [1.29, 1.82) is 0 Å². The van der Waals surface area contributed by atoms with Crippen LogP contribution in [0.15, 0.2) is 29.3 Å². The number of fused-ring (bicyclic) bond motifs is 4. The van der Waals surface area contributed by atoms with E-state index in [0.29, 0.717) is 21.5 Å². The van der Waals surface area contributed by atoms with Crippen molar-refractivity contribution in [1.82, 2.24) is 41.8 Å². The highest BCUT2D eigenvalue weighted by Gasteiger charge is 2.43. The molecule has 0 radical (unpaired) electrons. The first-order valence-electron chi connectivity index (χ1n) is 18.9. The standard InChI is InChI=1S/C37H52N8O13S/c1-16(38-19(4)48)30(51)44-28(18(3)47)33(54)42-26-14-59-34-22(21-8-6-7-9-23(21)43-34)11-24(31(52)41-25(36(56)57)12-37(5,58)15-46)40-29(50)17(2)39-32(53)27-10-20(49)13-45(27)35(26)55/h6-9,16-18,20,24-28,43,46-47,49,58H,10-15H2,1-5H3,(H,38,48)(H,39,53)(H,40,50)(H,41,52)(H,42,54)(H,44,51)(H,56,57)/t16-,17-,18-,20-,24-,25-,26-,27-,28+,37+/m0/s1. The summed E-state index contributed by atoms with van der Waals surface area (Å²) >= 11 is 1.01. The Morgan fingerprint density at radius 2 is 1.69 bits per heavy atom. The Labute approximate surface area is 342 Å². The SMILES string of the molecule is CC(=O)N[C@@H](C)C(=O)N[C@@H](C(=O)N[C@H]1CSc2[nH]c3ccccc3c2C[C@@H](C(=O)N[C@@H](C[C@@](C)(O)CO)C(=O)O)NC(=O)[C@H](C)NC(=O)[C@@H]2C[C@H](O)CN2C1=O)[C@H](C)O. The minimum Gasteiger partial charge on any atom is -0.480 e. The zero-order valence-corrected chi connectivity index (χ0v) is 33.9. The van der Waals surface area contributed by atoms with Gasteiger partial charge in [-0.25, -0.2) is 4.79 Å². The molecule has 0 bridgehead atoms. The minimum absolute atomic E-state index is 0.238. The van der Waals surface area contributed by atoms with Crippen molar-refractivity contribution in [3.05, 3.63) is 29.8 Å². The summed E-state index contributed by atoms with van der Waals surface area (Å²) in [5.74, 6) is -7.62. The number of rotatable bonds is 12. The van der Waals surface area contributed by atoms with Gasteiger partial charge in [0.25, 0.3) is 0 Å². The van der Waals surface area contributed by atoms with Gasteiger partial charge in [0, 0.05) is 49.4 Å². The number of aliphatic hydroxyl groups excluding tert-OH is 3. The third-order valence-electron chi connectivity index (χ3n) is 9.92. The van der Waals surface area contributed by atoms with Crippen LogP contribution in [0, 0.1) is 0 Å². The molecule has 7 amide bonds. The third-order valence-corrected chi connectivity index (χ3v) is 11.1. The summed E-state index contributed by atoms with van der Waals surface area (Å²) in [6.45, 7) is 5.13. The van der Waals surface area contributed by atoms with Gasteiger partial charge in [-0.15, -0.1) is 11.8 Å². The minimum atomic E-state index is -1.89. The van der Waals surface area contributed by atoms with E-state index in [1.165, 1.54) is 34.6 Å². The summed E-state index contributed by atoms with van der Waals surface area (Å²) in [4.78, 5) is 110. The van der Waals surface area contributed by atoms with Gasteiger partial charge in [-0.2, -0.15) is 0 Å². The predicted octanol–water partition coefficient (Wildman–Crippen LogP) is -3.65. The molecule has 1 saturated heterocycles. The van der Waals surface area contributed by atoms with Gasteiger partial charge in [0.2, 0.25) is 41.4 Å². The lowest BCUT2D eigenvalue weighted by molar-refractivity contribution is -0.144. The second kappa shape index (κ2) is 19.6. The van der Waals surface area contributed by atoms with Crippen LogP contribution in [-0.4, -0.2) is 162 Å². The Bertz CT molecular complexity index is 1940. The lowest BCUT2D eigenvalue weighted by atomic mass is 9.97. The molecular weight excluding hydrogens is 797 g/mol. The fraction of sp³-hybridized carbons (Fsp3) is 0.568. The number of carboxylic acid groups (broad SMARTS) is 1. The van der Waals surface area contributed by atoms with Crippen LogP contribution in [0.4, 0.5) is 0 Å². The number of thioether (sulfide) groups is 1. The van der Waals surface area contributed by atoms with Gasteiger partial charge in [-0.1, -0.05) is 18.2 Å². The number of hydrogen-bond donors (Lipinski definition) is 12.